The molecule has 0 radical (unpaired) electrons. The number of sulfonamides is 1. The fourth-order valence-electron chi connectivity index (χ4n) is 5.00. The average molecular weight is 614 g/mol. The van der Waals surface area contributed by atoms with Crippen LogP contribution in [0.1, 0.15) is 6.92 Å². The normalized spacial score (nSPS) is 15.7. The standard InChI is InChI=1S/C28H26F3N7O4S/c1-5-23(39)36-11-12-37(16(2)15-36)26-17-13-20(31)25(24-18(29)7-6-8-19(24)30)33-27(17)38(28(40)34-26)21-14-32-10-9-22(21)43(41,42)35(3)4/h5-10,13-14,16H,1,11-12,15H2,2-4H3/t16-/m0/s1. The van der Waals surface area contributed by atoms with Crippen LogP contribution < -0.4 is 10.6 Å². The van der Waals surface area contributed by atoms with Gasteiger partial charge in [-0.05, 0) is 37.3 Å². The summed E-state index contributed by atoms with van der Waals surface area (Å²) in [5, 5.41) is -0.0370. The van der Waals surface area contributed by atoms with Crippen molar-refractivity contribution in [2.45, 2.75) is 17.9 Å². The van der Waals surface area contributed by atoms with E-state index >= 15 is 4.39 Å². The molecule has 4 heterocycles. The van der Waals surface area contributed by atoms with Crippen molar-refractivity contribution in [1.82, 2.24) is 28.7 Å². The number of amides is 1. The van der Waals surface area contributed by atoms with Crippen LogP contribution in [0.25, 0.3) is 28.0 Å². The first-order chi connectivity index (χ1) is 20.4. The van der Waals surface area contributed by atoms with Crippen molar-refractivity contribution in [3.8, 4) is 16.9 Å². The first kappa shape index (κ1) is 29.8. The van der Waals surface area contributed by atoms with Crippen LogP contribution in [0.3, 0.4) is 0 Å². The van der Waals surface area contributed by atoms with Crippen molar-refractivity contribution in [2.24, 2.45) is 0 Å². The molecule has 0 saturated carbocycles. The Hall–Kier alpha value is -4.63. The second kappa shape index (κ2) is 11.2. The fraction of sp³-hybridized carbons (Fsp3) is 0.250. The Bertz CT molecular complexity index is 1930. The van der Waals surface area contributed by atoms with E-state index in [0.29, 0.717) is 0 Å². The summed E-state index contributed by atoms with van der Waals surface area (Å²) in [6.07, 6.45) is 3.51. The predicted octanol–water partition coefficient (Wildman–Crippen LogP) is 2.73. The molecule has 43 heavy (non-hydrogen) atoms. The molecule has 1 amide bonds. The van der Waals surface area contributed by atoms with Gasteiger partial charge < -0.3 is 9.80 Å². The number of halogens is 3. The number of aromatic nitrogens is 4. The first-order valence-electron chi connectivity index (χ1n) is 13.0. The third-order valence-corrected chi connectivity index (χ3v) is 9.01. The minimum absolute atomic E-state index is 0.00214. The largest absolute Gasteiger partial charge is 0.355 e. The highest BCUT2D eigenvalue weighted by Gasteiger charge is 2.31. The van der Waals surface area contributed by atoms with Gasteiger partial charge in [-0.3, -0.25) is 9.78 Å². The van der Waals surface area contributed by atoms with E-state index in [2.05, 4.69) is 21.5 Å². The lowest BCUT2D eigenvalue weighted by atomic mass is 10.1. The molecule has 0 bridgehead atoms. The number of carbonyl (C=O) groups is 1. The zero-order chi connectivity index (χ0) is 31.2. The molecule has 0 spiro atoms. The maximum atomic E-state index is 15.7. The third-order valence-electron chi connectivity index (χ3n) is 7.15. The molecule has 1 aromatic carbocycles. The minimum Gasteiger partial charge on any atom is -0.350 e. The van der Waals surface area contributed by atoms with Crippen LogP contribution in [0.2, 0.25) is 0 Å². The second-order valence-corrected chi connectivity index (χ2v) is 12.1. The number of nitrogens with zero attached hydrogens (tertiary/aromatic N) is 7. The summed E-state index contributed by atoms with van der Waals surface area (Å²) in [5.41, 5.74) is -3.06. The van der Waals surface area contributed by atoms with Crippen LogP contribution in [-0.4, -0.2) is 82.8 Å². The minimum atomic E-state index is -4.15. The highest BCUT2D eigenvalue weighted by Crippen LogP contribution is 2.34. The Morgan fingerprint density at radius 3 is 2.42 bits per heavy atom. The number of carbonyl (C=O) groups excluding carboxylic acids is 1. The van der Waals surface area contributed by atoms with Gasteiger partial charge in [-0.25, -0.2) is 40.2 Å². The van der Waals surface area contributed by atoms with Gasteiger partial charge >= 0.3 is 5.69 Å². The highest BCUT2D eigenvalue weighted by molar-refractivity contribution is 7.89. The Morgan fingerprint density at radius 2 is 1.79 bits per heavy atom. The SMILES string of the molecule is C=CC(=O)N1CCN(c2nc(=O)n(-c3cnccc3S(=O)(=O)N(C)C)c3nc(-c4c(F)cccc4F)c(F)cc23)[C@@H](C)C1. The average Bonchev–Trinajstić information content (AvgIpc) is 2.96. The van der Waals surface area contributed by atoms with Gasteiger partial charge in [0.1, 0.15) is 28.0 Å². The fourth-order valence-corrected chi connectivity index (χ4v) is 6.03. The first-order valence-corrected chi connectivity index (χ1v) is 14.4. The molecule has 15 heteroatoms. The number of benzene rings is 1. The molecule has 1 saturated heterocycles. The lowest BCUT2D eigenvalue weighted by Gasteiger charge is -2.40. The number of fused-ring (bicyclic) bond motifs is 1. The van der Waals surface area contributed by atoms with Crippen molar-refractivity contribution in [3.05, 3.63) is 83.3 Å². The summed E-state index contributed by atoms with van der Waals surface area (Å²) in [6, 6.07) is 4.70. The molecule has 1 atom stereocenters. The Labute approximate surface area is 244 Å². The Morgan fingerprint density at radius 1 is 1.09 bits per heavy atom. The summed E-state index contributed by atoms with van der Waals surface area (Å²) in [7, 11) is -1.56. The van der Waals surface area contributed by atoms with E-state index in [1.54, 1.807) is 16.7 Å². The molecule has 1 aliphatic rings. The monoisotopic (exact) mass is 613 g/mol. The van der Waals surface area contributed by atoms with E-state index in [-0.39, 0.29) is 53.0 Å². The van der Waals surface area contributed by atoms with Crippen LogP contribution in [-0.2, 0) is 14.8 Å². The second-order valence-electron chi connectivity index (χ2n) is 10.0. The molecule has 1 fully saturated rings. The zero-order valence-electron chi connectivity index (χ0n) is 23.3. The Balaban J connectivity index is 1.84. The van der Waals surface area contributed by atoms with Crippen molar-refractivity contribution in [2.75, 3.05) is 38.6 Å². The lowest BCUT2D eigenvalue weighted by molar-refractivity contribution is -0.126. The number of anilines is 1. The summed E-state index contributed by atoms with van der Waals surface area (Å²) in [4.78, 5) is 41.3. The number of piperazine rings is 1. The molecule has 0 unspecified atom stereocenters. The van der Waals surface area contributed by atoms with Gasteiger partial charge in [0.15, 0.2) is 11.5 Å². The van der Waals surface area contributed by atoms with E-state index in [0.717, 1.165) is 39.3 Å². The molecule has 3 aromatic heterocycles. The maximum Gasteiger partial charge on any atom is 0.355 e. The topological polar surface area (TPSA) is 122 Å². The quantitative estimate of drug-likeness (QED) is 0.305. The molecule has 0 N–H and O–H groups in total. The van der Waals surface area contributed by atoms with Gasteiger partial charge in [0.2, 0.25) is 15.9 Å². The molecule has 11 nitrogen and oxygen atoms in total. The van der Waals surface area contributed by atoms with E-state index in [1.165, 1.54) is 32.4 Å². The molecule has 5 rings (SSSR count). The maximum absolute atomic E-state index is 15.7. The van der Waals surface area contributed by atoms with Crippen molar-refractivity contribution in [1.29, 1.82) is 0 Å². The van der Waals surface area contributed by atoms with E-state index < -0.39 is 50.5 Å². The van der Waals surface area contributed by atoms with Gasteiger partial charge in [0.05, 0.1) is 22.8 Å². The Kier molecular flexibility index (Phi) is 7.79. The smallest absolute Gasteiger partial charge is 0.350 e. The molecule has 4 aromatic rings. The van der Waals surface area contributed by atoms with Gasteiger partial charge in [-0.2, -0.15) is 4.98 Å². The molecule has 224 valence electrons. The number of hydrogen-bond donors (Lipinski definition) is 0. The van der Waals surface area contributed by atoms with E-state index in [9.17, 15) is 26.8 Å². The molecule has 1 aliphatic heterocycles. The van der Waals surface area contributed by atoms with Gasteiger partial charge in [-0.15, -0.1) is 0 Å². The summed E-state index contributed by atoms with van der Waals surface area (Å²) in [5.74, 6) is -3.58. The summed E-state index contributed by atoms with van der Waals surface area (Å²) < 4.78 is 73.5. The van der Waals surface area contributed by atoms with Crippen molar-refractivity contribution < 1.29 is 26.4 Å². The van der Waals surface area contributed by atoms with Gasteiger partial charge in [0.25, 0.3) is 0 Å². The number of hydrogen-bond acceptors (Lipinski definition) is 8. The highest BCUT2D eigenvalue weighted by atomic mass is 32.2. The van der Waals surface area contributed by atoms with Gasteiger partial charge in [-0.1, -0.05) is 12.6 Å². The lowest BCUT2D eigenvalue weighted by Crippen LogP contribution is -2.54. The van der Waals surface area contributed by atoms with Crippen LogP contribution in [0.4, 0.5) is 19.0 Å². The number of rotatable bonds is 6. The molecule has 0 aliphatic carbocycles. The number of pyridine rings is 2. The van der Waals surface area contributed by atoms with Crippen LogP contribution in [0.5, 0.6) is 0 Å². The van der Waals surface area contributed by atoms with E-state index in [1.807, 2.05) is 0 Å². The third kappa shape index (κ3) is 5.14. The van der Waals surface area contributed by atoms with Crippen molar-refractivity contribution in [3.63, 3.8) is 0 Å². The van der Waals surface area contributed by atoms with Crippen molar-refractivity contribution >= 4 is 32.8 Å². The van der Waals surface area contributed by atoms with Crippen LogP contribution in [0.15, 0.2) is 65.1 Å². The van der Waals surface area contributed by atoms with Crippen LogP contribution >= 0.6 is 0 Å². The molecular formula is C28H26F3N7O4S. The van der Waals surface area contributed by atoms with E-state index in [4.69, 9.17) is 0 Å². The van der Waals surface area contributed by atoms with Gasteiger partial charge in [0, 0.05) is 46.0 Å². The summed E-state index contributed by atoms with van der Waals surface area (Å²) in [6.45, 7) is 5.95. The van der Waals surface area contributed by atoms with Crippen LogP contribution in [0, 0.1) is 17.5 Å². The zero-order valence-corrected chi connectivity index (χ0v) is 24.1. The molecular weight excluding hydrogens is 587 g/mol. The predicted molar refractivity (Wildman–Crippen MR) is 153 cm³/mol. The summed E-state index contributed by atoms with van der Waals surface area (Å²) >= 11 is 0.